The largest absolute Gasteiger partial charge is 0.380 e. The fourth-order valence-corrected chi connectivity index (χ4v) is 1.25. The Labute approximate surface area is 84.9 Å². The van der Waals surface area contributed by atoms with E-state index in [0.29, 0.717) is 0 Å². The number of aryl methyl sites for hydroxylation is 1. The van der Waals surface area contributed by atoms with Gasteiger partial charge >= 0.3 is 0 Å². The van der Waals surface area contributed by atoms with Crippen molar-refractivity contribution in [3.63, 3.8) is 0 Å². The second-order valence-electron chi connectivity index (χ2n) is 3.06. The highest BCUT2D eigenvalue weighted by Gasteiger charge is 2.02. The van der Waals surface area contributed by atoms with Crippen molar-refractivity contribution in [1.82, 2.24) is 0 Å². The van der Waals surface area contributed by atoms with Crippen LogP contribution in [-0.2, 0) is 0 Å². The molecule has 0 unspecified atom stereocenters. The van der Waals surface area contributed by atoms with Gasteiger partial charge < -0.3 is 5.32 Å². The third-order valence-electron chi connectivity index (χ3n) is 2.03. The number of hydrogen-bond acceptors (Lipinski definition) is 2. The van der Waals surface area contributed by atoms with E-state index in [0.717, 1.165) is 23.4 Å². The zero-order chi connectivity index (χ0) is 10.4. The van der Waals surface area contributed by atoms with Crippen molar-refractivity contribution >= 4 is 5.69 Å². The highest BCUT2D eigenvalue weighted by molar-refractivity contribution is 5.60. The summed E-state index contributed by atoms with van der Waals surface area (Å²) in [6, 6.07) is 8.03. The summed E-state index contributed by atoms with van der Waals surface area (Å²) in [7, 11) is 0. The van der Waals surface area contributed by atoms with Gasteiger partial charge in [0.2, 0.25) is 0 Å². The summed E-state index contributed by atoms with van der Waals surface area (Å²) in [5.74, 6) is 0. The third-order valence-corrected chi connectivity index (χ3v) is 2.03. The summed E-state index contributed by atoms with van der Waals surface area (Å²) in [6.07, 6.45) is 4.00. The first-order valence-corrected chi connectivity index (χ1v) is 4.64. The Kier molecular flexibility index (Phi) is 3.75. The van der Waals surface area contributed by atoms with Gasteiger partial charge in [0, 0.05) is 6.54 Å². The molecule has 14 heavy (non-hydrogen) atoms. The van der Waals surface area contributed by atoms with Crippen LogP contribution in [0.3, 0.4) is 0 Å². The van der Waals surface area contributed by atoms with Crippen molar-refractivity contribution in [3.8, 4) is 6.07 Å². The van der Waals surface area contributed by atoms with Crippen molar-refractivity contribution < 1.29 is 0 Å². The van der Waals surface area contributed by atoms with E-state index < -0.39 is 0 Å². The van der Waals surface area contributed by atoms with Crippen molar-refractivity contribution in [3.05, 3.63) is 41.5 Å². The van der Waals surface area contributed by atoms with Crippen molar-refractivity contribution in [2.24, 2.45) is 0 Å². The van der Waals surface area contributed by atoms with Gasteiger partial charge in [-0.05, 0) is 25.5 Å². The summed E-state index contributed by atoms with van der Waals surface area (Å²) in [5, 5.41) is 12.1. The van der Waals surface area contributed by atoms with Crippen LogP contribution in [0.15, 0.2) is 30.4 Å². The van der Waals surface area contributed by atoms with Crippen LogP contribution in [0.4, 0.5) is 5.69 Å². The van der Waals surface area contributed by atoms with E-state index in [2.05, 4.69) is 11.4 Å². The monoisotopic (exact) mass is 186 g/mol. The summed E-state index contributed by atoms with van der Waals surface area (Å²) < 4.78 is 0. The highest BCUT2D eigenvalue weighted by atomic mass is 14.9. The van der Waals surface area contributed by atoms with E-state index >= 15 is 0 Å². The zero-order valence-corrected chi connectivity index (χ0v) is 8.54. The Hall–Kier alpha value is -1.75. The Morgan fingerprint density at radius 3 is 2.93 bits per heavy atom. The van der Waals surface area contributed by atoms with Gasteiger partial charge in [0.1, 0.15) is 6.07 Å². The van der Waals surface area contributed by atoms with E-state index in [1.54, 1.807) is 0 Å². The molecule has 0 aromatic heterocycles. The summed E-state index contributed by atoms with van der Waals surface area (Å²) in [6.45, 7) is 4.68. The average molecular weight is 186 g/mol. The first kappa shape index (κ1) is 10.3. The predicted molar refractivity (Wildman–Crippen MR) is 59.2 cm³/mol. The molecule has 0 radical (unpaired) electrons. The molecule has 0 saturated heterocycles. The van der Waals surface area contributed by atoms with Crippen LogP contribution in [0, 0.1) is 18.3 Å². The molecule has 0 spiro atoms. The minimum absolute atomic E-state index is 0.733. The molecule has 0 aliphatic carbocycles. The molecule has 0 bridgehead atoms. The maximum atomic E-state index is 8.95. The van der Waals surface area contributed by atoms with E-state index in [4.69, 9.17) is 5.26 Å². The topological polar surface area (TPSA) is 35.8 Å². The molecule has 1 rings (SSSR count). The number of hydrogen-bond donors (Lipinski definition) is 1. The Morgan fingerprint density at radius 2 is 2.29 bits per heavy atom. The molecular formula is C12H14N2. The van der Waals surface area contributed by atoms with Gasteiger partial charge in [-0.3, -0.25) is 0 Å². The first-order valence-electron chi connectivity index (χ1n) is 4.64. The fourth-order valence-electron chi connectivity index (χ4n) is 1.25. The Bertz CT molecular complexity index is 372. The Morgan fingerprint density at radius 1 is 1.50 bits per heavy atom. The number of nitrogens with zero attached hydrogens (tertiary/aromatic N) is 1. The second-order valence-corrected chi connectivity index (χ2v) is 3.06. The summed E-state index contributed by atoms with van der Waals surface area (Å²) >= 11 is 0. The van der Waals surface area contributed by atoms with Gasteiger partial charge in [0.05, 0.1) is 11.3 Å². The van der Waals surface area contributed by atoms with Gasteiger partial charge in [-0.1, -0.05) is 24.3 Å². The lowest BCUT2D eigenvalue weighted by atomic mass is 10.1. The summed E-state index contributed by atoms with van der Waals surface area (Å²) in [4.78, 5) is 0. The maximum Gasteiger partial charge on any atom is 0.102 e. The van der Waals surface area contributed by atoms with Gasteiger partial charge in [-0.15, -0.1) is 0 Å². The van der Waals surface area contributed by atoms with Crippen LogP contribution in [0.5, 0.6) is 0 Å². The Balaban J connectivity index is 2.86. The quantitative estimate of drug-likeness (QED) is 0.737. The lowest BCUT2D eigenvalue weighted by Gasteiger charge is -2.07. The van der Waals surface area contributed by atoms with Crippen molar-refractivity contribution in [1.29, 1.82) is 5.26 Å². The van der Waals surface area contributed by atoms with Crippen LogP contribution in [-0.4, -0.2) is 6.54 Å². The minimum atomic E-state index is 0.733. The third kappa shape index (κ3) is 2.37. The minimum Gasteiger partial charge on any atom is -0.380 e. The fraction of sp³-hybridized carbons (Fsp3) is 0.250. The molecule has 0 saturated carbocycles. The molecule has 0 aliphatic heterocycles. The van der Waals surface area contributed by atoms with Gasteiger partial charge in [-0.25, -0.2) is 0 Å². The molecule has 0 atom stereocenters. The molecule has 1 aromatic rings. The number of benzene rings is 1. The van der Waals surface area contributed by atoms with E-state index in [1.165, 1.54) is 0 Å². The molecule has 2 heteroatoms. The van der Waals surface area contributed by atoms with E-state index in [9.17, 15) is 0 Å². The van der Waals surface area contributed by atoms with Crippen LogP contribution in [0.25, 0.3) is 0 Å². The lowest BCUT2D eigenvalue weighted by Crippen LogP contribution is -2.01. The van der Waals surface area contributed by atoms with Gasteiger partial charge in [-0.2, -0.15) is 5.26 Å². The van der Waals surface area contributed by atoms with Crippen molar-refractivity contribution in [2.45, 2.75) is 13.8 Å². The molecule has 0 aliphatic rings. The number of nitrogens with one attached hydrogen (secondary N) is 1. The van der Waals surface area contributed by atoms with E-state index in [-0.39, 0.29) is 0 Å². The summed E-state index contributed by atoms with van der Waals surface area (Å²) in [5.41, 5.74) is 2.65. The molecule has 0 fully saturated rings. The second kappa shape index (κ2) is 5.08. The van der Waals surface area contributed by atoms with E-state index in [1.807, 2.05) is 44.2 Å². The SMILES string of the molecule is C/C=C/CNc1cccc(C)c1C#N. The van der Waals surface area contributed by atoms with Crippen LogP contribution in [0.2, 0.25) is 0 Å². The van der Waals surface area contributed by atoms with Crippen LogP contribution in [0.1, 0.15) is 18.1 Å². The molecule has 72 valence electrons. The first-order chi connectivity index (χ1) is 6.79. The van der Waals surface area contributed by atoms with Crippen LogP contribution >= 0.6 is 0 Å². The van der Waals surface area contributed by atoms with Crippen molar-refractivity contribution in [2.75, 3.05) is 11.9 Å². The number of allylic oxidation sites excluding steroid dienone is 1. The predicted octanol–water partition coefficient (Wildman–Crippen LogP) is 2.85. The average Bonchev–Trinajstić information content (AvgIpc) is 2.18. The standard InChI is InChI=1S/C12H14N2/c1-3-4-8-14-12-7-5-6-10(2)11(12)9-13/h3-7,14H,8H2,1-2H3/b4-3+. The molecular weight excluding hydrogens is 172 g/mol. The normalized spacial score (nSPS) is 10.1. The number of nitriles is 1. The number of rotatable bonds is 3. The molecule has 1 aromatic carbocycles. The molecule has 0 heterocycles. The smallest absolute Gasteiger partial charge is 0.102 e. The van der Waals surface area contributed by atoms with Gasteiger partial charge in [0.25, 0.3) is 0 Å². The maximum absolute atomic E-state index is 8.95. The van der Waals surface area contributed by atoms with Gasteiger partial charge in [0.15, 0.2) is 0 Å². The molecule has 1 N–H and O–H groups in total. The highest BCUT2D eigenvalue weighted by Crippen LogP contribution is 2.17. The zero-order valence-electron chi connectivity index (χ0n) is 8.54. The lowest BCUT2D eigenvalue weighted by molar-refractivity contribution is 1.29. The molecule has 2 nitrogen and oxygen atoms in total. The number of anilines is 1. The van der Waals surface area contributed by atoms with Crippen LogP contribution < -0.4 is 5.32 Å². The molecule has 0 amide bonds.